The highest BCUT2D eigenvalue weighted by molar-refractivity contribution is 5.26. The number of rotatable bonds is 8. The van der Waals surface area contributed by atoms with Crippen LogP contribution in [0.3, 0.4) is 0 Å². The van der Waals surface area contributed by atoms with Crippen molar-refractivity contribution in [1.29, 1.82) is 0 Å². The molecule has 1 saturated carbocycles. The first-order chi connectivity index (χ1) is 11.1. The van der Waals surface area contributed by atoms with Gasteiger partial charge < -0.3 is 18.9 Å². The fourth-order valence-electron chi connectivity index (χ4n) is 3.97. The second-order valence-corrected chi connectivity index (χ2v) is 7.01. The van der Waals surface area contributed by atoms with Crippen molar-refractivity contribution in [3.8, 4) is 5.75 Å². The minimum atomic E-state index is 0.211. The summed E-state index contributed by atoms with van der Waals surface area (Å²) in [7, 11) is 1.67. The predicted octanol–water partition coefficient (Wildman–Crippen LogP) is 3.78. The molecule has 0 radical (unpaired) electrons. The lowest BCUT2D eigenvalue weighted by Crippen LogP contribution is -2.36. The van der Waals surface area contributed by atoms with Crippen molar-refractivity contribution in [2.45, 2.75) is 51.9 Å². The Morgan fingerprint density at radius 2 is 2.04 bits per heavy atom. The molecule has 1 saturated heterocycles. The fraction of sp³-hybridized carbons (Fsp3) is 0.684. The van der Waals surface area contributed by atoms with Crippen molar-refractivity contribution in [3.05, 3.63) is 29.8 Å². The van der Waals surface area contributed by atoms with E-state index in [1.54, 1.807) is 7.11 Å². The maximum Gasteiger partial charge on any atom is 0.147 e. The largest absolute Gasteiger partial charge is 0.497 e. The second-order valence-electron chi connectivity index (χ2n) is 7.01. The Morgan fingerprint density at radius 1 is 1.30 bits per heavy atom. The molecule has 4 heteroatoms. The lowest BCUT2D eigenvalue weighted by molar-refractivity contribution is -0.119. The van der Waals surface area contributed by atoms with Gasteiger partial charge in [0, 0.05) is 5.41 Å². The van der Waals surface area contributed by atoms with E-state index < -0.39 is 0 Å². The molecule has 1 aromatic carbocycles. The Labute approximate surface area is 139 Å². The summed E-state index contributed by atoms with van der Waals surface area (Å²) in [5.74, 6) is 1.43. The van der Waals surface area contributed by atoms with Gasteiger partial charge in [-0.3, -0.25) is 0 Å². The van der Waals surface area contributed by atoms with Gasteiger partial charge in [-0.2, -0.15) is 0 Å². The average Bonchev–Trinajstić information content (AvgIpc) is 3.35. The molecule has 0 amide bonds. The van der Waals surface area contributed by atoms with E-state index in [1.165, 1.54) is 19.3 Å². The normalized spacial score (nSPS) is 31.1. The van der Waals surface area contributed by atoms with Crippen LogP contribution in [0.25, 0.3) is 0 Å². The fourth-order valence-corrected chi connectivity index (χ4v) is 3.97. The van der Waals surface area contributed by atoms with Crippen LogP contribution in [0.4, 0.5) is 0 Å². The van der Waals surface area contributed by atoms with E-state index in [0.717, 1.165) is 17.9 Å². The standard InChI is InChI=1S/C19H28O4/c1-14(17-5-4-10-19(17,2)18-12-22-18)23-13-21-11-15-6-8-16(20-3)9-7-15/h6-9,14,17-18H,4-5,10-13H2,1-3H3/t14-,17+,18?,19-/m0/s1. The smallest absolute Gasteiger partial charge is 0.147 e. The molecule has 1 aliphatic carbocycles. The summed E-state index contributed by atoms with van der Waals surface area (Å²) in [5, 5.41) is 0. The van der Waals surface area contributed by atoms with Crippen LogP contribution in [0.1, 0.15) is 38.7 Å². The number of ether oxygens (including phenoxy) is 4. The van der Waals surface area contributed by atoms with Crippen LogP contribution >= 0.6 is 0 Å². The highest BCUT2D eigenvalue weighted by Crippen LogP contribution is 2.52. The highest BCUT2D eigenvalue weighted by atomic mass is 16.7. The molecule has 2 fully saturated rings. The van der Waals surface area contributed by atoms with Gasteiger partial charge in [-0.1, -0.05) is 25.5 Å². The average molecular weight is 320 g/mol. The Balaban J connectivity index is 1.41. The Bertz CT molecular complexity index is 497. The monoisotopic (exact) mass is 320 g/mol. The molecule has 0 aromatic heterocycles. The third-order valence-electron chi connectivity index (χ3n) is 5.56. The predicted molar refractivity (Wildman–Crippen MR) is 88.4 cm³/mol. The number of epoxide rings is 1. The number of methoxy groups -OCH3 is 1. The van der Waals surface area contributed by atoms with Gasteiger partial charge in [0.05, 0.1) is 32.5 Å². The lowest BCUT2D eigenvalue weighted by atomic mass is 9.74. The molecule has 1 aromatic rings. The zero-order valence-corrected chi connectivity index (χ0v) is 14.4. The molecule has 4 nitrogen and oxygen atoms in total. The van der Waals surface area contributed by atoms with Crippen LogP contribution in [0.5, 0.6) is 5.75 Å². The second kappa shape index (κ2) is 7.20. The zero-order chi connectivity index (χ0) is 16.3. The lowest BCUT2D eigenvalue weighted by Gasteiger charge is -2.34. The van der Waals surface area contributed by atoms with Gasteiger partial charge in [0.2, 0.25) is 0 Å². The molecular formula is C19H28O4. The van der Waals surface area contributed by atoms with E-state index in [1.807, 2.05) is 24.3 Å². The molecule has 1 aliphatic heterocycles. The Morgan fingerprint density at radius 3 is 2.70 bits per heavy atom. The molecular weight excluding hydrogens is 292 g/mol. The third kappa shape index (κ3) is 3.87. The van der Waals surface area contributed by atoms with Crippen molar-refractivity contribution in [1.82, 2.24) is 0 Å². The maximum atomic E-state index is 5.96. The molecule has 0 bridgehead atoms. The molecule has 23 heavy (non-hydrogen) atoms. The summed E-state index contributed by atoms with van der Waals surface area (Å²) < 4.78 is 22.4. The minimum Gasteiger partial charge on any atom is -0.497 e. The topological polar surface area (TPSA) is 40.2 Å². The first-order valence-electron chi connectivity index (χ1n) is 8.57. The van der Waals surface area contributed by atoms with E-state index in [9.17, 15) is 0 Å². The van der Waals surface area contributed by atoms with E-state index in [0.29, 0.717) is 25.4 Å². The molecule has 1 unspecified atom stereocenters. The summed E-state index contributed by atoms with van der Waals surface area (Å²) in [6, 6.07) is 7.92. The van der Waals surface area contributed by atoms with Crippen LogP contribution in [-0.4, -0.2) is 32.7 Å². The summed E-state index contributed by atoms with van der Waals surface area (Å²) in [5.41, 5.74) is 1.41. The number of benzene rings is 1. The molecule has 1 heterocycles. The molecule has 4 atom stereocenters. The number of hydrogen-bond donors (Lipinski definition) is 0. The van der Waals surface area contributed by atoms with Crippen LogP contribution in [0.15, 0.2) is 24.3 Å². The third-order valence-corrected chi connectivity index (χ3v) is 5.56. The van der Waals surface area contributed by atoms with E-state index >= 15 is 0 Å². The first kappa shape index (κ1) is 16.7. The molecule has 2 aliphatic rings. The van der Waals surface area contributed by atoms with Gasteiger partial charge in [0.15, 0.2) is 0 Å². The van der Waals surface area contributed by atoms with Gasteiger partial charge in [-0.15, -0.1) is 0 Å². The number of hydrogen-bond acceptors (Lipinski definition) is 4. The summed E-state index contributed by atoms with van der Waals surface area (Å²) in [6.45, 7) is 6.36. The van der Waals surface area contributed by atoms with Crippen molar-refractivity contribution in [2.24, 2.45) is 11.3 Å². The van der Waals surface area contributed by atoms with Gasteiger partial charge in [0.25, 0.3) is 0 Å². The zero-order valence-electron chi connectivity index (χ0n) is 14.4. The maximum absolute atomic E-state index is 5.96. The van der Waals surface area contributed by atoms with Crippen molar-refractivity contribution >= 4 is 0 Å². The van der Waals surface area contributed by atoms with E-state index in [2.05, 4.69) is 13.8 Å². The SMILES string of the molecule is COc1ccc(COCO[C@@H](C)[C@H]2CCC[C@]2(C)C2CO2)cc1. The van der Waals surface area contributed by atoms with Gasteiger partial charge in [0.1, 0.15) is 12.5 Å². The van der Waals surface area contributed by atoms with Gasteiger partial charge in [-0.25, -0.2) is 0 Å². The molecule has 0 spiro atoms. The Hall–Kier alpha value is -1.10. The summed E-state index contributed by atoms with van der Waals surface area (Å²) in [6.07, 6.45) is 4.42. The van der Waals surface area contributed by atoms with Gasteiger partial charge >= 0.3 is 0 Å². The first-order valence-corrected chi connectivity index (χ1v) is 8.57. The van der Waals surface area contributed by atoms with Crippen molar-refractivity contribution in [2.75, 3.05) is 20.5 Å². The van der Waals surface area contributed by atoms with E-state index in [4.69, 9.17) is 18.9 Å². The molecule has 128 valence electrons. The van der Waals surface area contributed by atoms with Crippen LogP contribution in [0.2, 0.25) is 0 Å². The summed E-state index contributed by atoms with van der Waals surface area (Å²) >= 11 is 0. The summed E-state index contributed by atoms with van der Waals surface area (Å²) in [4.78, 5) is 0. The van der Waals surface area contributed by atoms with Crippen molar-refractivity contribution in [3.63, 3.8) is 0 Å². The van der Waals surface area contributed by atoms with Gasteiger partial charge in [-0.05, 0) is 43.4 Å². The van der Waals surface area contributed by atoms with Crippen LogP contribution in [-0.2, 0) is 20.8 Å². The molecule has 0 N–H and O–H groups in total. The highest BCUT2D eigenvalue weighted by Gasteiger charge is 2.52. The minimum absolute atomic E-state index is 0.211. The Kier molecular flexibility index (Phi) is 5.24. The van der Waals surface area contributed by atoms with Crippen LogP contribution < -0.4 is 4.74 Å². The quantitative estimate of drug-likeness (QED) is 0.415. The van der Waals surface area contributed by atoms with Crippen LogP contribution in [0, 0.1) is 11.3 Å². The van der Waals surface area contributed by atoms with E-state index in [-0.39, 0.29) is 11.5 Å². The molecule has 3 rings (SSSR count). The van der Waals surface area contributed by atoms with Crippen molar-refractivity contribution < 1.29 is 18.9 Å².